The SMILES string of the molecule is CN(CC(=O)NCc1ccccc1N1CCCC1)C1CCS(=O)(=O)C1. The fourth-order valence-electron chi connectivity index (χ4n) is 3.66. The zero-order valence-corrected chi connectivity index (χ0v) is 15.6. The Labute approximate surface area is 150 Å². The number of para-hydroxylation sites is 1. The highest BCUT2D eigenvalue weighted by molar-refractivity contribution is 7.91. The average Bonchev–Trinajstić information content (AvgIpc) is 3.22. The van der Waals surface area contributed by atoms with Gasteiger partial charge in [-0.25, -0.2) is 8.42 Å². The predicted octanol–water partition coefficient (Wildman–Crippen LogP) is 1.02. The second-order valence-electron chi connectivity index (χ2n) is 7.07. The number of hydrogen-bond donors (Lipinski definition) is 1. The summed E-state index contributed by atoms with van der Waals surface area (Å²) in [5.74, 6) is 0.324. The van der Waals surface area contributed by atoms with Gasteiger partial charge in [0.1, 0.15) is 0 Å². The fraction of sp³-hybridized carbons (Fsp3) is 0.611. The minimum absolute atomic E-state index is 0.0485. The molecule has 2 saturated heterocycles. The van der Waals surface area contributed by atoms with Crippen molar-refractivity contribution in [3.63, 3.8) is 0 Å². The van der Waals surface area contributed by atoms with E-state index in [4.69, 9.17) is 0 Å². The van der Waals surface area contributed by atoms with E-state index in [1.54, 1.807) is 0 Å². The van der Waals surface area contributed by atoms with Gasteiger partial charge in [-0.3, -0.25) is 9.69 Å². The van der Waals surface area contributed by atoms with Crippen LogP contribution in [0.1, 0.15) is 24.8 Å². The zero-order valence-electron chi connectivity index (χ0n) is 14.8. The quantitative estimate of drug-likeness (QED) is 0.815. The topological polar surface area (TPSA) is 69.7 Å². The molecule has 0 spiro atoms. The lowest BCUT2D eigenvalue weighted by atomic mass is 10.1. The van der Waals surface area contributed by atoms with Gasteiger partial charge in [0, 0.05) is 31.4 Å². The Morgan fingerprint density at radius 3 is 2.68 bits per heavy atom. The predicted molar refractivity (Wildman–Crippen MR) is 99.4 cm³/mol. The van der Waals surface area contributed by atoms with Gasteiger partial charge in [-0.15, -0.1) is 0 Å². The van der Waals surface area contributed by atoms with E-state index < -0.39 is 9.84 Å². The molecule has 0 saturated carbocycles. The molecule has 1 N–H and O–H groups in total. The molecule has 7 heteroatoms. The molecular formula is C18H27N3O3S. The maximum Gasteiger partial charge on any atom is 0.234 e. The minimum atomic E-state index is -2.93. The van der Waals surface area contributed by atoms with E-state index in [2.05, 4.69) is 22.3 Å². The molecule has 1 atom stereocenters. The van der Waals surface area contributed by atoms with E-state index >= 15 is 0 Å². The van der Waals surface area contributed by atoms with Crippen molar-refractivity contribution in [3.05, 3.63) is 29.8 Å². The molecule has 3 rings (SSSR count). The Hall–Kier alpha value is -1.60. The first kappa shape index (κ1) is 18.2. The van der Waals surface area contributed by atoms with Crippen LogP contribution in [0.5, 0.6) is 0 Å². The van der Waals surface area contributed by atoms with Gasteiger partial charge in [0.25, 0.3) is 0 Å². The molecule has 0 bridgehead atoms. The maximum absolute atomic E-state index is 12.3. The Balaban J connectivity index is 1.52. The maximum atomic E-state index is 12.3. The molecule has 0 radical (unpaired) electrons. The second-order valence-corrected chi connectivity index (χ2v) is 9.30. The van der Waals surface area contributed by atoms with Gasteiger partial charge in [0.15, 0.2) is 9.84 Å². The number of amides is 1. The largest absolute Gasteiger partial charge is 0.371 e. The highest BCUT2D eigenvalue weighted by Gasteiger charge is 2.31. The van der Waals surface area contributed by atoms with Crippen LogP contribution < -0.4 is 10.2 Å². The van der Waals surface area contributed by atoms with Gasteiger partial charge >= 0.3 is 0 Å². The third-order valence-electron chi connectivity index (χ3n) is 5.14. The van der Waals surface area contributed by atoms with Crippen LogP contribution in [0.4, 0.5) is 5.69 Å². The highest BCUT2D eigenvalue weighted by atomic mass is 32.2. The first-order valence-corrected chi connectivity index (χ1v) is 10.8. The van der Waals surface area contributed by atoms with Crippen molar-refractivity contribution < 1.29 is 13.2 Å². The van der Waals surface area contributed by atoms with Crippen molar-refractivity contribution in [3.8, 4) is 0 Å². The summed E-state index contributed by atoms with van der Waals surface area (Å²) in [6.07, 6.45) is 3.05. The van der Waals surface area contributed by atoms with Crippen molar-refractivity contribution in [2.45, 2.75) is 31.8 Å². The molecule has 0 aromatic heterocycles. The Bertz CT molecular complexity index is 714. The molecule has 2 aliphatic rings. The monoisotopic (exact) mass is 365 g/mol. The number of carbonyl (C=O) groups excluding carboxylic acids is 1. The summed E-state index contributed by atoms with van der Waals surface area (Å²) in [5, 5.41) is 2.98. The van der Waals surface area contributed by atoms with Crippen LogP contribution in [0.2, 0.25) is 0 Å². The summed E-state index contributed by atoms with van der Waals surface area (Å²) in [6.45, 7) is 2.88. The number of nitrogens with one attached hydrogen (secondary N) is 1. The lowest BCUT2D eigenvalue weighted by molar-refractivity contribution is -0.122. The summed E-state index contributed by atoms with van der Waals surface area (Å²) in [7, 11) is -1.10. The average molecular weight is 365 g/mol. The molecular weight excluding hydrogens is 338 g/mol. The number of nitrogens with zero attached hydrogens (tertiary/aromatic N) is 2. The van der Waals surface area contributed by atoms with E-state index in [0.29, 0.717) is 13.0 Å². The van der Waals surface area contributed by atoms with E-state index in [9.17, 15) is 13.2 Å². The summed E-state index contributed by atoms with van der Waals surface area (Å²) < 4.78 is 23.1. The summed E-state index contributed by atoms with van der Waals surface area (Å²) in [6, 6.07) is 8.15. The lowest BCUT2D eigenvalue weighted by Crippen LogP contribution is -2.41. The summed E-state index contributed by atoms with van der Waals surface area (Å²) in [4.78, 5) is 16.5. The molecule has 1 amide bonds. The molecule has 1 unspecified atom stereocenters. The number of sulfone groups is 1. The zero-order chi connectivity index (χ0) is 17.9. The second kappa shape index (κ2) is 7.74. The van der Waals surface area contributed by atoms with E-state index in [1.165, 1.54) is 18.5 Å². The number of carbonyl (C=O) groups is 1. The Kier molecular flexibility index (Phi) is 5.64. The van der Waals surface area contributed by atoms with Crippen LogP contribution in [0.3, 0.4) is 0 Å². The number of hydrogen-bond acceptors (Lipinski definition) is 5. The van der Waals surface area contributed by atoms with Crippen LogP contribution in [0.25, 0.3) is 0 Å². The standard InChI is InChI=1S/C18H27N3O3S/c1-20(16-8-11-25(23,24)14-16)13-18(22)19-12-15-6-2-3-7-17(15)21-9-4-5-10-21/h2-3,6-7,16H,4-5,8-14H2,1H3,(H,19,22). The number of likely N-dealkylation sites (N-methyl/N-ethyl adjacent to an activating group) is 1. The van der Waals surface area contributed by atoms with Crippen molar-refractivity contribution in [2.24, 2.45) is 0 Å². The Morgan fingerprint density at radius 1 is 1.28 bits per heavy atom. The molecule has 25 heavy (non-hydrogen) atoms. The fourth-order valence-corrected chi connectivity index (χ4v) is 5.46. The molecule has 0 aliphatic carbocycles. The van der Waals surface area contributed by atoms with Crippen molar-refractivity contribution in [1.82, 2.24) is 10.2 Å². The Morgan fingerprint density at radius 2 is 2.00 bits per heavy atom. The number of rotatable bonds is 6. The smallest absolute Gasteiger partial charge is 0.234 e. The van der Waals surface area contributed by atoms with Crippen molar-refractivity contribution in [1.29, 1.82) is 0 Å². The summed E-state index contributed by atoms with van der Waals surface area (Å²) in [5.41, 5.74) is 2.33. The van der Waals surface area contributed by atoms with Crippen LogP contribution >= 0.6 is 0 Å². The molecule has 6 nitrogen and oxygen atoms in total. The first-order chi connectivity index (χ1) is 11.9. The minimum Gasteiger partial charge on any atom is -0.371 e. The molecule has 2 aliphatic heterocycles. The van der Waals surface area contributed by atoms with Gasteiger partial charge in [-0.1, -0.05) is 18.2 Å². The van der Waals surface area contributed by atoms with Gasteiger partial charge < -0.3 is 10.2 Å². The van der Waals surface area contributed by atoms with E-state index in [1.807, 2.05) is 24.1 Å². The van der Waals surface area contributed by atoms with E-state index in [-0.39, 0.29) is 30.0 Å². The third kappa shape index (κ3) is 4.73. The lowest BCUT2D eigenvalue weighted by Gasteiger charge is -2.23. The first-order valence-electron chi connectivity index (χ1n) is 8.95. The van der Waals surface area contributed by atoms with Crippen molar-refractivity contribution >= 4 is 21.4 Å². The molecule has 2 fully saturated rings. The summed E-state index contributed by atoms with van der Waals surface area (Å²) >= 11 is 0. The number of benzene rings is 1. The van der Waals surface area contributed by atoms with Crippen LogP contribution in [0.15, 0.2) is 24.3 Å². The van der Waals surface area contributed by atoms with Gasteiger partial charge in [0.05, 0.1) is 18.1 Å². The molecule has 2 heterocycles. The van der Waals surface area contributed by atoms with Crippen molar-refractivity contribution in [2.75, 3.05) is 43.1 Å². The third-order valence-corrected chi connectivity index (χ3v) is 6.89. The highest BCUT2D eigenvalue weighted by Crippen LogP contribution is 2.24. The van der Waals surface area contributed by atoms with Crippen LogP contribution in [0, 0.1) is 0 Å². The molecule has 138 valence electrons. The van der Waals surface area contributed by atoms with Gasteiger partial charge in [0.2, 0.25) is 5.91 Å². The normalized spacial score (nSPS) is 22.5. The van der Waals surface area contributed by atoms with Crippen LogP contribution in [-0.4, -0.2) is 63.5 Å². The molecule has 1 aromatic carbocycles. The number of anilines is 1. The van der Waals surface area contributed by atoms with Crippen LogP contribution in [-0.2, 0) is 21.2 Å². The van der Waals surface area contributed by atoms with E-state index in [0.717, 1.165) is 18.7 Å². The van der Waals surface area contributed by atoms with Gasteiger partial charge in [-0.05, 0) is 37.9 Å². The van der Waals surface area contributed by atoms with Gasteiger partial charge in [-0.2, -0.15) is 0 Å². The molecule has 1 aromatic rings.